The smallest absolute Gasteiger partial charge is 0.276 e. The molecule has 9 nitrogen and oxygen atoms in total. The number of methoxy groups -OCH3 is 3. The molecule has 1 aliphatic rings. The Balaban J connectivity index is 1.41. The van der Waals surface area contributed by atoms with Gasteiger partial charge < -0.3 is 19.1 Å². The van der Waals surface area contributed by atoms with Gasteiger partial charge in [0, 0.05) is 36.0 Å². The number of nitrogens with one attached hydrogen (secondary N) is 1. The molecule has 0 spiro atoms. The summed E-state index contributed by atoms with van der Waals surface area (Å²) in [6.07, 6.45) is 3.17. The van der Waals surface area contributed by atoms with Crippen LogP contribution >= 0.6 is 22.7 Å². The van der Waals surface area contributed by atoms with Crippen molar-refractivity contribution in [3.05, 3.63) is 45.4 Å². The lowest BCUT2D eigenvalue weighted by Gasteiger charge is -2.31. The van der Waals surface area contributed by atoms with Gasteiger partial charge in [-0.05, 0) is 25.0 Å². The van der Waals surface area contributed by atoms with Crippen molar-refractivity contribution in [1.82, 2.24) is 14.9 Å². The van der Waals surface area contributed by atoms with Crippen LogP contribution in [0.4, 0.5) is 5.13 Å². The molecule has 0 unspecified atom stereocenters. The van der Waals surface area contributed by atoms with Crippen molar-refractivity contribution in [2.45, 2.75) is 18.8 Å². The highest BCUT2D eigenvalue weighted by Crippen LogP contribution is 2.40. The third-order valence-corrected chi connectivity index (χ3v) is 7.17. The average Bonchev–Trinajstić information content (AvgIpc) is 3.55. The minimum atomic E-state index is -0.263. The Kier molecular flexibility index (Phi) is 7.09. The number of ether oxygens (including phenoxy) is 3. The summed E-state index contributed by atoms with van der Waals surface area (Å²) in [7, 11) is 4.56. The lowest BCUT2D eigenvalue weighted by Crippen LogP contribution is -2.38. The second kappa shape index (κ2) is 10.2. The summed E-state index contributed by atoms with van der Waals surface area (Å²) in [6.45, 7) is 1.17. The fraction of sp³-hybridized carbons (Fsp3) is 0.364. The lowest BCUT2D eigenvalue weighted by molar-refractivity contribution is 0.0708. The molecule has 1 aliphatic heterocycles. The number of hydrogen-bond donors (Lipinski definition) is 1. The standard InChI is InChI=1S/C22H24N4O5S2/c1-29-16-5-4-14(17(30-2)18(16)31-3)21(28)26-9-6-13(7-10-26)20-24-15(12-33-20)19(27)25-22-23-8-11-32-22/h4-5,8,11-13H,6-7,9-10H2,1-3H3,(H,23,25,27). The number of carbonyl (C=O) groups is 2. The molecule has 0 radical (unpaired) electrons. The quantitative estimate of drug-likeness (QED) is 0.538. The lowest BCUT2D eigenvalue weighted by atomic mass is 9.97. The molecule has 1 N–H and O–H groups in total. The Hall–Kier alpha value is -3.18. The summed E-state index contributed by atoms with van der Waals surface area (Å²) < 4.78 is 16.2. The minimum Gasteiger partial charge on any atom is -0.493 e. The number of nitrogens with zero attached hydrogens (tertiary/aromatic N) is 3. The van der Waals surface area contributed by atoms with Crippen LogP contribution in [-0.2, 0) is 0 Å². The zero-order valence-corrected chi connectivity index (χ0v) is 20.1. The van der Waals surface area contributed by atoms with E-state index in [2.05, 4.69) is 15.3 Å². The summed E-state index contributed by atoms with van der Waals surface area (Å²) in [5, 5.41) is 7.78. The highest BCUT2D eigenvalue weighted by atomic mass is 32.1. The maximum atomic E-state index is 13.2. The van der Waals surface area contributed by atoms with E-state index in [4.69, 9.17) is 14.2 Å². The predicted molar refractivity (Wildman–Crippen MR) is 126 cm³/mol. The van der Waals surface area contributed by atoms with Gasteiger partial charge in [0.1, 0.15) is 5.69 Å². The SMILES string of the molecule is COc1ccc(C(=O)N2CCC(c3nc(C(=O)Nc4nccs4)cs3)CC2)c(OC)c1OC. The Labute approximate surface area is 199 Å². The molecule has 11 heteroatoms. The Morgan fingerprint density at radius 2 is 1.82 bits per heavy atom. The van der Waals surface area contributed by atoms with Crippen molar-refractivity contribution in [3.8, 4) is 17.2 Å². The third kappa shape index (κ3) is 4.79. The number of piperidine rings is 1. The molecule has 33 heavy (non-hydrogen) atoms. The van der Waals surface area contributed by atoms with Crippen LogP contribution in [0.2, 0.25) is 0 Å². The van der Waals surface area contributed by atoms with Crippen molar-refractivity contribution in [2.24, 2.45) is 0 Å². The molecule has 1 aromatic carbocycles. The number of carbonyl (C=O) groups excluding carboxylic acids is 2. The van der Waals surface area contributed by atoms with Crippen molar-refractivity contribution in [3.63, 3.8) is 0 Å². The van der Waals surface area contributed by atoms with E-state index in [0.717, 1.165) is 17.8 Å². The second-order valence-corrected chi connectivity index (χ2v) is 9.09. The zero-order chi connectivity index (χ0) is 23.4. The molecule has 2 aromatic heterocycles. The molecule has 174 valence electrons. The van der Waals surface area contributed by atoms with E-state index >= 15 is 0 Å². The Morgan fingerprint density at radius 3 is 2.45 bits per heavy atom. The van der Waals surface area contributed by atoms with Gasteiger partial charge in [-0.15, -0.1) is 22.7 Å². The van der Waals surface area contributed by atoms with Crippen LogP contribution in [0.3, 0.4) is 0 Å². The van der Waals surface area contributed by atoms with E-state index in [1.165, 1.54) is 44.0 Å². The first-order valence-corrected chi connectivity index (χ1v) is 12.1. The third-order valence-electron chi connectivity index (χ3n) is 5.47. The summed E-state index contributed by atoms with van der Waals surface area (Å²) in [6, 6.07) is 3.40. The Morgan fingerprint density at radius 1 is 1.06 bits per heavy atom. The van der Waals surface area contributed by atoms with E-state index in [0.29, 0.717) is 46.7 Å². The maximum Gasteiger partial charge on any atom is 0.276 e. The molecule has 2 amide bonds. The second-order valence-electron chi connectivity index (χ2n) is 7.31. The van der Waals surface area contributed by atoms with Gasteiger partial charge in [-0.25, -0.2) is 9.97 Å². The van der Waals surface area contributed by atoms with Crippen molar-refractivity contribution in [2.75, 3.05) is 39.7 Å². The predicted octanol–water partition coefficient (Wildman–Crippen LogP) is 3.90. The van der Waals surface area contributed by atoms with E-state index in [1.54, 1.807) is 29.1 Å². The number of rotatable bonds is 7. The average molecular weight is 489 g/mol. The Bertz CT molecular complexity index is 1120. The minimum absolute atomic E-state index is 0.117. The van der Waals surface area contributed by atoms with Crippen molar-refractivity contribution in [1.29, 1.82) is 0 Å². The van der Waals surface area contributed by atoms with Crippen LogP contribution in [0.1, 0.15) is 44.6 Å². The van der Waals surface area contributed by atoms with E-state index in [1.807, 2.05) is 4.90 Å². The van der Waals surface area contributed by atoms with Crippen LogP contribution in [-0.4, -0.2) is 61.1 Å². The normalized spacial score (nSPS) is 14.1. The van der Waals surface area contributed by atoms with Crippen molar-refractivity contribution >= 4 is 39.6 Å². The van der Waals surface area contributed by atoms with Gasteiger partial charge in [-0.1, -0.05) is 0 Å². The number of hydrogen-bond acceptors (Lipinski definition) is 9. The fourth-order valence-electron chi connectivity index (χ4n) is 3.80. The van der Waals surface area contributed by atoms with Crippen molar-refractivity contribution < 1.29 is 23.8 Å². The topological polar surface area (TPSA) is 103 Å². The monoisotopic (exact) mass is 488 g/mol. The van der Waals surface area contributed by atoms with Gasteiger partial charge in [-0.3, -0.25) is 14.9 Å². The van der Waals surface area contributed by atoms with Crippen LogP contribution in [0.15, 0.2) is 29.1 Å². The van der Waals surface area contributed by atoms with Crippen LogP contribution in [0.5, 0.6) is 17.2 Å². The van der Waals surface area contributed by atoms with Gasteiger partial charge in [0.15, 0.2) is 16.6 Å². The van der Waals surface area contributed by atoms with E-state index in [9.17, 15) is 9.59 Å². The summed E-state index contributed by atoms with van der Waals surface area (Å²) in [5.74, 6) is 1.08. The first-order valence-electron chi connectivity index (χ1n) is 10.3. The first-order chi connectivity index (χ1) is 16.0. The molecule has 3 heterocycles. The number of amides is 2. The van der Waals surface area contributed by atoms with Gasteiger partial charge in [0.05, 0.1) is 31.9 Å². The van der Waals surface area contributed by atoms with Crippen LogP contribution in [0.25, 0.3) is 0 Å². The highest BCUT2D eigenvalue weighted by Gasteiger charge is 2.30. The molecular formula is C22H24N4O5S2. The molecule has 0 bridgehead atoms. The molecule has 0 aliphatic carbocycles. The number of benzene rings is 1. The number of likely N-dealkylation sites (tertiary alicyclic amines) is 1. The summed E-state index contributed by atoms with van der Waals surface area (Å²) in [4.78, 5) is 36.0. The molecule has 1 fully saturated rings. The highest BCUT2D eigenvalue weighted by molar-refractivity contribution is 7.13. The summed E-state index contributed by atoms with van der Waals surface area (Å²) >= 11 is 2.84. The van der Waals surface area contributed by atoms with E-state index in [-0.39, 0.29) is 17.7 Å². The van der Waals surface area contributed by atoms with Crippen LogP contribution < -0.4 is 19.5 Å². The zero-order valence-electron chi connectivity index (χ0n) is 18.5. The summed E-state index contributed by atoms with van der Waals surface area (Å²) in [5.41, 5.74) is 0.822. The number of anilines is 1. The van der Waals surface area contributed by atoms with Gasteiger partial charge >= 0.3 is 0 Å². The van der Waals surface area contributed by atoms with Gasteiger partial charge in [-0.2, -0.15) is 0 Å². The molecule has 0 saturated carbocycles. The number of aromatic nitrogens is 2. The van der Waals surface area contributed by atoms with Gasteiger partial charge in [0.25, 0.3) is 11.8 Å². The van der Waals surface area contributed by atoms with Gasteiger partial charge in [0.2, 0.25) is 5.75 Å². The van der Waals surface area contributed by atoms with Crippen LogP contribution in [0, 0.1) is 0 Å². The molecule has 4 rings (SSSR count). The van der Waals surface area contributed by atoms with E-state index < -0.39 is 0 Å². The molecule has 3 aromatic rings. The largest absolute Gasteiger partial charge is 0.493 e. The number of thiazole rings is 2. The maximum absolute atomic E-state index is 13.2. The fourth-order valence-corrected chi connectivity index (χ4v) is 5.29. The molecular weight excluding hydrogens is 464 g/mol. The molecule has 1 saturated heterocycles. The molecule has 0 atom stereocenters. The first kappa shape index (κ1) is 23.0.